The van der Waals surface area contributed by atoms with Crippen LogP contribution in [0.25, 0.3) is 0 Å². The van der Waals surface area contributed by atoms with Gasteiger partial charge >= 0.3 is 0 Å². The van der Waals surface area contributed by atoms with Crippen LogP contribution in [0.3, 0.4) is 0 Å². The second-order valence-electron chi connectivity index (χ2n) is 7.35. The van der Waals surface area contributed by atoms with Crippen molar-refractivity contribution in [3.63, 3.8) is 0 Å². The molecule has 2 aromatic carbocycles. The number of anilines is 1. The van der Waals surface area contributed by atoms with E-state index in [1.54, 1.807) is 50.9 Å². The van der Waals surface area contributed by atoms with Crippen molar-refractivity contribution in [3.05, 3.63) is 65.7 Å². The molecule has 0 aromatic heterocycles. The largest absolute Gasteiger partial charge is 0.337 e. The Morgan fingerprint density at radius 2 is 1.59 bits per heavy atom. The summed E-state index contributed by atoms with van der Waals surface area (Å²) in [5.41, 5.74) is 1.54. The first-order chi connectivity index (χ1) is 12.7. The van der Waals surface area contributed by atoms with Crippen molar-refractivity contribution in [1.29, 1.82) is 0 Å². The van der Waals surface area contributed by atoms with Gasteiger partial charge in [0.1, 0.15) is 0 Å². The van der Waals surface area contributed by atoms with Crippen molar-refractivity contribution in [3.8, 4) is 0 Å². The van der Waals surface area contributed by atoms with Gasteiger partial charge < -0.3 is 15.5 Å². The highest BCUT2D eigenvalue weighted by atomic mass is 32.1. The van der Waals surface area contributed by atoms with Crippen LogP contribution in [0.15, 0.2) is 54.6 Å². The van der Waals surface area contributed by atoms with Crippen molar-refractivity contribution in [2.75, 3.05) is 12.4 Å². The van der Waals surface area contributed by atoms with Crippen LogP contribution in [0.4, 0.5) is 5.69 Å². The Balaban J connectivity index is 2.11. The minimum absolute atomic E-state index is 0.132. The van der Waals surface area contributed by atoms with E-state index in [0.717, 1.165) is 5.56 Å². The number of hydrogen-bond acceptors (Lipinski definition) is 3. The fraction of sp³-hybridized carbons (Fsp3) is 0.286. The van der Waals surface area contributed by atoms with E-state index in [0.29, 0.717) is 17.8 Å². The molecule has 27 heavy (non-hydrogen) atoms. The van der Waals surface area contributed by atoms with Gasteiger partial charge in [0.15, 0.2) is 5.11 Å². The number of benzene rings is 2. The summed E-state index contributed by atoms with van der Waals surface area (Å²) in [5.74, 6) is -0.322. The van der Waals surface area contributed by atoms with Crippen LogP contribution in [0.2, 0.25) is 0 Å². The quantitative estimate of drug-likeness (QED) is 0.788. The molecule has 0 saturated heterocycles. The second kappa shape index (κ2) is 8.77. The summed E-state index contributed by atoms with van der Waals surface area (Å²) in [4.78, 5) is 26.6. The van der Waals surface area contributed by atoms with Gasteiger partial charge in [-0.3, -0.25) is 9.59 Å². The zero-order chi connectivity index (χ0) is 20.0. The Labute approximate surface area is 165 Å². The third-order valence-electron chi connectivity index (χ3n) is 3.92. The molecule has 0 atom stereocenters. The predicted octanol–water partition coefficient (Wildman–Crippen LogP) is 3.82. The molecule has 0 bridgehead atoms. The zero-order valence-electron chi connectivity index (χ0n) is 16.1. The Bertz CT molecular complexity index is 829. The van der Waals surface area contributed by atoms with Gasteiger partial charge in [0.2, 0.25) is 5.91 Å². The molecule has 0 spiro atoms. The fourth-order valence-electron chi connectivity index (χ4n) is 2.36. The van der Waals surface area contributed by atoms with Crippen LogP contribution in [0.1, 0.15) is 36.7 Å². The highest BCUT2D eigenvalue weighted by Gasteiger charge is 2.23. The first-order valence-electron chi connectivity index (χ1n) is 8.69. The van der Waals surface area contributed by atoms with Crippen LogP contribution >= 0.6 is 12.2 Å². The number of carbonyl (C=O) groups excluding carboxylic acids is 2. The molecular formula is C21H25N3O2S. The molecule has 2 aromatic rings. The summed E-state index contributed by atoms with van der Waals surface area (Å²) < 4.78 is 0. The van der Waals surface area contributed by atoms with Crippen LogP contribution < -0.4 is 10.6 Å². The lowest BCUT2D eigenvalue weighted by Gasteiger charge is -2.21. The Hall–Kier alpha value is -2.73. The average molecular weight is 384 g/mol. The van der Waals surface area contributed by atoms with Crippen LogP contribution in [-0.2, 0) is 11.3 Å². The fourth-order valence-corrected chi connectivity index (χ4v) is 2.56. The number of nitrogens with one attached hydrogen (secondary N) is 2. The first kappa shape index (κ1) is 20.6. The summed E-state index contributed by atoms with van der Waals surface area (Å²) in [6.45, 7) is 5.92. The van der Waals surface area contributed by atoms with Crippen molar-refractivity contribution in [2.45, 2.75) is 27.3 Å². The third kappa shape index (κ3) is 5.89. The number of hydrogen-bond donors (Lipinski definition) is 2. The number of thiocarbonyl (C=S) groups is 1. The Morgan fingerprint density at radius 1 is 1.00 bits per heavy atom. The van der Waals surface area contributed by atoms with Crippen LogP contribution in [-0.4, -0.2) is 28.9 Å². The normalized spacial score (nSPS) is 10.8. The minimum atomic E-state index is -0.559. The van der Waals surface area contributed by atoms with Crippen molar-refractivity contribution in [2.24, 2.45) is 5.41 Å². The standard InChI is InChI=1S/C21H25N3O2S/c1-21(2,3)19(26)23-20(27)22-17-13-9-8-12-16(17)18(25)24(4)14-15-10-6-5-7-11-15/h5-13H,14H2,1-4H3,(H2,22,23,26,27). The molecule has 0 unspecified atom stereocenters. The van der Waals surface area contributed by atoms with E-state index in [1.165, 1.54) is 0 Å². The Kier molecular flexibility index (Phi) is 6.69. The lowest BCUT2D eigenvalue weighted by Crippen LogP contribution is -2.41. The number of rotatable bonds is 4. The Morgan fingerprint density at radius 3 is 2.22 bits per heavy atom. The molecule has 0 aliphatic heterocycles. The molecule has 6 heteroatoms. The number of nitrogens with zero attached hydrogens (tertiary/aromatic N) is 1. The third-order valence-corrected chi connectivity index (χ3v) is 4.13. The van der Waals surface area contributed by atoms with E-state index < -0.39 is 5.41 Å². The van der Waals surface area contributed by atoms with E-state index in [1.807, 2.05) is 36.4 Å². The summed E-state index contributed by atoms with van der Waals surface area (Å²) in [6, 6.07) is 16.9. The van der Waals surface area contributed by atoms with E-state index in [2.05, 4.69) is 10.6 Å². The van der Waals surface area contributed by atoms with Crippen LogP contribution in [0, 0.1) is 5.41 Å². The zero-order valence-corrected chi connectivity index (χ0v) is 16.9. The number of amides is 2. The van der Waals surface area contributed by atoms with Crippen molar-refractivity contribution >= 4 is 34.8 Å². The minimum Gasteiger partial charge on any atom is -0.337 e. The maximum atomic E-state index is 12.9. The summed E-state index contributed by atoms with van der Waals surface area (Å²) >= 11 is 5.23. The summed E-state index contributed by atoms with van der Waals surface area (Å²) in [7, 11) is 1.76. The van der Waals surface area contributed by atoms with E-state index in [4.69, 9.17) is 12.2 Å². The second-order valence-corrected chi connectivity index (χ2v) is 7.76. The summed E-state index contributed by atoms with van der Waals surface area (Å²) in [5, 5.41) is 5.79. The molecule has 5 nitrogen and oxygen atoms in total. The molecule has 0 fully saturated rings. The van der Waals surface area contributed by atoms with E-state index >= 15 is 0 Å². The molecule has 2 rings (SSSR count). The van der Waals surface area contributed by atoms with Gasteiger partial charge in [-0.2, -0.15) is 0 Å². The van der Waals surface area contributed by atoms with Gasteiger partial charge in [-0.1, -0.05) is 63.2 Å². The van der Waals surface area contributed by atoms with Crippen molar-refractivity contribution in [1.82, 2.24) is 10.2 Å². The molecule has 0 radical (unpaired) electrons. The number of para-hydroxylation sites is 1. The molecule has 2 N–H and O–H groups in total. The highest BCUT2D eigenvalue weighted by molar-refractivity contribution is 7.80. The van der Waals surface area contributed by atoms with Gasteiger partial charge in [-0.15, -0.1) is 0 Å². The molecule has 0 aliphatic rings. The summed E-state index contributed by atoms with van der Waals surface area (Å²) in [6.07, 6.45) is 0. The smallest absolute Gasteiger partial charge is 0.256 e. The van der Waals surface area contributed by atoms with Crippen LogP contribution in [0.5, 0.6) is 0 Å². The van der Waals surface area contributed by atoms with Gasteiger partial charge in [-0.25, -0.2) is 0 Å². The van der Waals surface area contributed by atoms with Gasteiger partial charge in [-0.05, 0) is 29.9 Å². The topological polar surface area (TPSA) is 61.4 Å². The molecule has 0 heterocycles. The monoisotopic (exact) mass is 383 g/mol. The molecular weight excluding hydrogens is 358 g/mol. The van der Waals surface area contributed by atoms with Gasteiger partial charge in [0, 0.05) is 19.0 Å². The van der Waals surface area contributed by atoms with E-state index in [-0.39, 0.29) is 16.9 Å². The first-order valence-corrected chi connectivity index (χ1v) is 9.10. The number of carbonyl (C=O) groups is 2. The lowest BCUT2D eigenvalue weighted by atomic mass is 9.96. The lowest BCUT2D eigenvalue weighted by molar-refractivity contribution is -0.126. The molecule has 2 amide bonds. The van der Waals surface area contributed by atoms with Crippen molar-refractivity contribution < 1.29 is 9.59 Å². The highest BCUT2D eigenvalue weighted by Crippen LogP contribution is 2.18. The predicted molar refractivity (Wildman–Crippen MR) is 112 cm³/mol. The molecule has 142 valence electrons. The molecule has 0 aliphatic carbocycles. The maximum Gasteiger partial charge on any atom is 0.256 e. The average Bonchev–Trinajstić information content (AvgIpc) is 2.61. The molecule has 0 saturated carbocycles. The van der Waals surface area contributed by atoms with Gasteiger partial charge in [0.25, 0.3) is 5.91 Å². The SMILES string of the molecule is CN(Cc1ccccc1)C(=O)c1ccccc1NC(=S)NC(=O)C(C)(C)C. The van der Waals surface area contributed by atoms with E-state index in [9.17, 15) is 9.59 Å². The van der Waals surface area contributed by atoms with Gasteiger partial charge in [0.05, 0.1) is 11.3 Å². The maximum absolute atomic E-state index is 12.9.